The molecule has 0 saturated heterocycles. The Morgan fingerprint density at radius 2 is 1.80 bits per heavy atom. The van der Waals surface area contributed by atoms with Crippen molar-refractivity contribution in [3.05, 3.63) is 92.7 Å². The van der Waals surface area contributed by atoms with Crippen LogP contribution in [0.15, 0.2) is 65.0 Å². The van der Waals surface area contributed by atoms with Crippen LogP contribution in [0.25, 0.3) is 0 Å². The van der Waals surface area contributed by atoms with Gasteiger partial charge in [-0.1, -0.05) is 29.8 Å². The van der Waals surface area contributed by atoms with Gasteiger partial charge in [-0.25, -0.2) is 17.2 Å². The van der Waals surface area contributed by atoms with Crippen molar-refractivity contribution in [1.29, 1.82) is 0 Å². The van der Waals surface area contributed by atoms with Crippen LogP contribution in [0, 0.1) is 18.6 Å². The van der Waals surface area contributed by atoms with Crippen molar-refractivity contribution < 1.29 is 22.0 Å². The number of halogens is 2. The Kier molecular flexibility index (Phi) is 5.17. The quantitative estimate of drug-likeness (QED) is 0.584. The molecular weight excluding hydrogens is 430 g/mol. The van der Waals surface area contributed by atoms with Gasteiger partial charge in [0.1, 0.15) is 4.88 Å². The Hall–Kier alpha value is -3.04. The summed E-state index contributed by atoms with van der Waals surface area (Å²) >= 11 is 1.15. The molecule has 1 N–H and O–H groups in total. The smallest absolute Gasteiger partial charge is 0.270 e. The number of benzene rings is 2. The Balaban J connectivity index is 1.73. The lowest BCUT2D eigenvalue weighted by Crippen LogP contribution is -2.38. The molecule has 1 aliphatic heterocycles. The Bertz CT molecular complexity index is 1270. The summed E-state index contributed by atoms with van der Waals surface area (Å²) in [4.78, 5) is 12.7. The zero-order chi connectivity index (χ0) is 21.5. The van der Waals surface area contributed by atoms with Crippen molar-refractivity contribution in [3.63, 3.8) is 0 Å². The van der Waals surface area contributed by atoms with Crippen molar-refractivity contribution in [3.8, 4) is 0 Å². The molecule has 0 radical (unpaired) electrons. The van der Waals surface area contributed by atoms with E-state index in [2.05, 4.69) is 5.32 Å². The van der Waals surface area contributed by atoms with Gasteiger partial charge in [-0.3, -0.25) is 9.10 Å². The molecule has 2 aromatic carbocycles. The third-order valence-electron chi connectivity index (χ3n) is 4.65. The van der Waals surface area contributed by atoms with Gasteiger partial charge < -0.3 is 5.32 Å². The van der Waals surface area contributed by atoms with Gasteiger partial charge in [-0.2, -0.15) is 0 Å². The summed E-state index contributed by atoms with van der Waals surface area (Å²) < 4.78 is 54.3. The van der Waals surface area contributed by atoms with Crippen molar-refractivity contribution in [1.82, 2.24) is 0 Å². The van der Waals surface area contributed by atoms with Gasteiger partial charge in [0.2, 0.25) is 5.78 Å². The van der Waals surface area contributed by atoms with Gasteiger partial charge in [0.15, 0.2) is 16.5 Å². The molecular formula is C21H16F2N2O3S2. The summed E-state index contributed by atoms with van der Waals surface area (Å²) in [7, 11) is -4.17. The van der Waals surface area contributed by atoms with Crippen LogP contribution in [0.4, 0.5) is 20.2 Å². The fraction of sp³-hybridized carbons (Fsp3) is 0.0952. The molecule has 2 heterocycles. The maximum Gasteiger partial charge on any atom is 0.270 e. The zero-order valence-electron chi connectivity index (χ0n) is 15.7. The maximum absolute atomic E-state index is 13.4. The molecule has 3 aromatic rings. The van der Waals surface area contributed by atoms with E-state index in [0.717, 1.165) is 40.8 Å². The first-order valence-corrected chi connectivity index (χ1v) is 11.2. The minimum absolute atomic E-state index is 0.0577. The minimum atomic E-state index is -4.17. The standard InChI is InChI=1S/C21H16F2N2O3S2/c1-13-2-4-14(5-3-13)12-25-18-8-9-29-21(18)20(26)19(30(25,27)28)11-24-15-6-7-16(22)17(23)10-15/h2-11,24H,12H2,1H3. The van der Waals surface area contributed by atoms with E-state index in [1.807, 2.05) is 31.2 Å². The number of ketones is 1. The van der Waals surface area contributed by atoms with Crippen molar-refractivity contribution in [2.24, 2.45) is 0 Å². The van der Waals surface area contributed by atoms with E-state index in [4.69, 9.17) is 0 Å². The second kappa shape index (κ2) is 7.66. The number of fused-ring (bicyclic) bond motifs is 1. The predicted octanol–water partition coefficient (Wildman–Crippen LogP) is 4.82. The lowest BCUT2D eigenvalue weighted by atomic mass is 10.1. The average molecular weight is 447 g/mol. The van der Waals surface area contributed by atoms with E-state index in [-0.39, 0.29) is 12.2 Å². The molecule has 0 fully saturated rings. The van der Waals surface area contributed by atoms with Crippen LogP contribution in [0.3, 0.4) is 0 Å². The van der Waals surface area contributed by atoms with Gasteiger partial charge in [-0.05, 0) is 36.1 Å². The number of hydrogen-bond acceptors (Lipinski definition) is 5. The fourth-order valence-corrected chi connectivity index (χ4v) is 5.53. The van der Waals surface area contributed by atoms with Crippen LogP contribution >= 0.6 is 11.3 Å². The number of nitrogens with zero attached hydrogens (tertiary/aromatic N) is 1. The van der Waals surface area contributed by atoms with Crippen LogP contribution in [0.2, 0.25) is 0 Å². The van der Waals surface area contributed by atoms with Gasteiger partial charge >= 0.3 is 0 Å². The molecule has 9 heteroatoms. The second-order valence-electron chi connectivity index (χ2n) is 6.74. The van der Waals surface area contributed by atoms with Gasteiger partial charge in [0, 0.05) is 18.0 Å². The van der Waals surface area contributed by atoms with Crippen LogP contribution in [-0.4, -0.2) is 14.2 Å². The molecule has 0 saturated carbocycles. The van der Waals surface area contributed by atoms with E-state index in [1.54, 1.807) is 11.4 Å². The lowest BCUT2D eigenvalue weighted by molar-refractivity contribution is 0.104. The monoisotopic (exact) mass is 446 g/mol. The van der Waals surface area contributed by atoms with E-state index >= 15 is 0 Å². The molecule has 0 atom stereocenters. The van der Waals surface area contributed by atoms with Crippen LogP contribution < -0.4 is 9.62 Å². The van der Waals surface area contributed by atoms with Crippen LogP contribution in [0.1, 0.15) is 20.8 Å². The van der Waals surface area contributed by atoms with Crippen LogP contribution in [-0.2, 0) is 16.6 Å². The van der Waals surface area contributed by atoms with Gasteiger partial charge in [-0.15, -0.1) is 11.3 Å². The average Bonchev–Trinajstić information content (AvgIpc) is 3.19. The molecule has 0 amide bonds. The topological polar surface area (TPSA) is 66.5 Å². The number of allylic oxidation sites excluding steroid dienone is 1. The summed E-state index contributed by atoms with van der Waals surface area (Å²) in [5.41, 5.74) is 2.26. The van der Waals surface area contributed by atoms with Crippen molar-refractivity contribution >= 4 is 38.5 Å². The van der Waals surface area contributed by atoms with E-state index in [9.17, 15) is 22.0 Å². The first kappa shape index (κ1) is 20.2. The molecule has 1 aliphatic rings. The van der Waals surface area contributed by atoms with E-state index in [1.165, 1.54) is 10.4 Å². The lowest BCUT2D eigenvalue weighted by Gasteiger charge is -2.29. The summed E-state index contributed by atoms with van der Waals surface area (Å²) in [6.07, 6.45) is 1.02. The fourth-order valence-electron chi connectivity index (χ4n) is 3.05. The number of thiophene rings is 1. The molecule has 1 aromatic heterocycles. The van der Waals surface area contributed by atoms with Gasteiger partial charge in [0.25, 0.3) is 10.0 Å². The molecule has 4 rings (SSSR count). The van der Waals surface area contributed by atoms with Crippen LogP contribution in [0.5, 0.6) is 0 Å². The Labute approximate surface area is 176 Å². The third-order valence-corrected chi connectivity index (χ3v) is 7.32. The number of rotatable bonds is 4. The molecule has 154 valence electrons. The minimum Gasteiger partial charge on any atom is -0.360 e. The largest absolute Gasteiger partial charge is 0.360 e. The number of carbonyl (C=O) groups excluding carboxylic acids is 1. The summed E-state index contributed by atoms with van der Waals surface area (Å²) in [6, 6.07) is 12.1. The molecule has 5 nitrogen and oxygen atoms in total. The summed E-state index contributed by atoms with van der Waals surface area (Å²) in [6.45, 7) is 1.99. The molecule has 0 aliphatic carbocycles. The molecule has 30 heavy (non-hydrogen) atoms. The van der Waals surface area contributed by atoms with E-state index in [0.29, 0.717) is 10.6 Å². The molecule has 0 spiro atoms. The molecule has 0 bridgehead atoms. The van der Waals surface area contributed by atoms with E-state index < -0.39 is 32.3 Å². The first-order valence-electron chi connectivity index (χ1n) is 8.89. The molecule has 0 unspecified atom stereocenters. The summed E-state index contributed by atoms with van der Waals surface area (Å²) in [5.74, 6) is -2.75. The second-order valence-corrected chi connectivity index (χ2v) is 9.49. The SMILES string of the molecule is Cc1ccc(CN2c3ccsc3C(=O)C(=CNc3ccc(F)c(F)c3)S2(=O)=O)cc1. The number of sulfonamides is 1. The first-order chi connectivity index (χ1) is 14.3. The number of aryl methyl sites for hydroxylation is 1. The zero-order valence-corrected chi connectivity index (χ0v) is 17.4. The normalized spacial score (nSPS) is 16.6. The highest BCUT2D eigenvalue weighted by molar-refractivity contribution is 7.97. The number of hydrogen-bond donors (Lipinski definition) is 1. The van der Waals surface area contributed by atoms with Crippen molar-refractivity contribution in [2.75, 3.05) is 9.62 Å². The number of carbonyl (C=O) groups is 1. The van der Waals surface area contributed by atoms with Crippen molar-refractivity contribution in [2.45, 2.75) is 13.5 Å². The highest BCUT2D eigenvalue weighted by atomic mass is 32.2. The summed E-state index contributed by atoms with van der Waals surface area (Å²) in [5, 5.41) is 4.25. The number of Topliss-reactive ketones (excluding diaryl/α,β-unsaturated/α-hetero) is 1. The number of anilines is 2. The maximum atomic E-state index is 13.4. The van der Waals surface area contributed by atoms with Gasteiger partial charge in [0.05, 0.1) is 12.2 Å². The Morgan fingerprint density at radius 3 is 2.50 bits per heavy atom. The number of nitrogens with one attached hydrogen (secondary N) is 1. The highest BCUT2D eigenvalue weighted by Crippen LogP contribution is 2.39. The highest BCUT2D eigenvalue weighted by Gasteiger charge is 2.41. The predicted molar refractivity (Wildman–Crippen MR) is 113 cm³/mol. The Morgan fingerprint density at radius 1 is 1.07 bits per heavy atom. The third kappa shape index (κ3) is 3.61.